The van der Waals surface area contributed by atoms with Crippen molar-refractivity contribution in [3.63, 3.8) is 0 Å². The lowest BCUT2D eigenvalue weighted by Crippen LogP contribution is -2.34. The molecule has 3 heteroatoms. The standard InChI is InChI=1S/C18H22O3/c1-18(2,3)21-17(19)16(20-4)12-14-10-7-9-13-8-5-6-11-15(13)14/h5-11,16H,12H2,1-4H3. The van der Waals surface area contributed by atoms with E-state index in [1.807, 2.05) is 45.0 Å². The summed E-state index contributed by atoms with van der Waals surface area (Å²) in [5, 5.41) is 2.31. The molecule has 0 N–H and O–H groups in total. The molecule has 21 heavy (non-hydrogen) atoms. The molecule has 1 atom stereocenters. The zero-order chi connectivity index (χ0) is 15.5. The van der Waals surface area contributed by atoms with Crippen LogP contribution in [0.2, 0.25) is 0 Å². The van der Waals surface area contributed by atoms with Gasteiger partial charge in [0.2, 0.25) is 0 Å². The van der Waals surface area contributed by atoms with Gasteiger partial charge >= 0.3 is 5.97 Å². The molecular weight excluding hydrogens is 264 g/mol. The first-order valence-corrected chi connectivity index (χ1v) is 7.13. The first-order chi connectivity index (χ1) is 9.90. The van der Waals surface area contributed by atoms with Crippen LogP contribution in [0.1, 0.15) is 26.3 Å². The fourth-order valence-corrected chi connectivity index (χ4v) is 2.30. The third-order valence-electron chi connectivity index (χ3n) is 3.24. The van der Waals surface area contributed by atoms with E-state index in [4.69, 9.17) is 9.47 Å². The lowest BCUT2D eigenvalue weighted by atomic mass is 10.00. The summed E-state index contributed by atoms with van der Waals surface area (Å²) in [7, 11) is 1.54. The van der Waals surface area contributed by atoms with Gasteiger partial charge < -0.3 is 9.47 Å². The van der Waals surface area contributed by atoms with Crippen LogP contribution in [-0.2, 0) is 20.7 Å². The molecule has 0 spiro atoms. The fraction of sp³-hybridized carbons (Fsp3) is 0.389. The highest BCUT2D eigenvalue weighted by Crippen LogP contribution is 2.21. The van der Waals surface area contributed by atoms with Crippen molar-refractivity contribution in [2.45, 2.75) is 38.9 Å². The Bertz CT molecular complexity index is 620. The van der Waals surface area contributed by atoms with Gasteiger partial charge in [0, 0.05) is 13.5 Å². The SMILES string of the molecule is COC(Cc1cccc2ccccc12)C(=O)OC(C)(C)C. The van der Waals surface area contributed by atoms with Crippen LogP contribution in [0.5, 0.6) is 0 Å². The Morgan fingerprint density at radius 2 is 1.76 bits per heavy atom. The molecule has 0 saturated heterocycles. The lowest BCUT2D eigenvalue weighted by molar-refractivity contribution is -0.166. The van der Waals surface area contributed by atoms with Crippen molar-refractivity contribution < 1.29 is 14.3 Å². The van der Waals surface area contributed by atoms with Gasteiger partial charge in [-0.2, -0.15) is 0 Å². The van der Waals surface area contributed by atoms with Gasteiger partial charge in [-0.05, 0) is 37.1 Å². The number of carbonyl (C=O) groups is 1. The summed E-state index contributed by atoms with van der Waals surface area (Å²) in [6, 6.07) is 14.2. The Morgan fingerprint density at radius 3 is 2.43 bits per heavy atom. The summed E-state index contributed by atoms with van der Waals surface area (Å²) in [5.41, 5.74) is 0.581. The maximum Gasteiger partial charge on any atom is 0.336 e. The molecule has 0 aromatic heterocycles. The highest BCUT2D eigenvalue weighted by molar-refractivity contribution is 5.86. The van der Waals surface area contributed by atoms with Crippen LogP contribution in [0.4, 0.5) is 0 Å². The number of fused-ring (bicyclic) bond motifs is 1. The summed E-state index contributed by atoms with van der Waals surface area (Å²) >= 11 is 0. The van der Waals surface area contributed by atoms with E-state index in [1.54, 1.807) is 7.11 Å². The maximum atomic E-state index is 12.2. The third kappa shape index (κ3) is 4.05. The fourth-order valence-electron chi connectivity index (χ4n) is 2.30. The van der Waals surface area contributed by atoms with Gasteiger partial charge in [-0.25, -0.2) is 4.79 Å². The van der Waals surface area contributed by atoms with Crippen LogP contribution < -0.4 is 0 Å². The molecule has 0 amide bonds. The Morgan fingerprint density at radius 1 is 1.10 bits per heavy atom. The van der Waals surface area contributed by atoms with Crippen molar-refractivity contribution in [2.75, 3.05) is 7.11 Å². The smallest absolute Gasteiger partial charge is 0.336 e. The van der Waals surface area contributed by atoms with Crippen molar-refractivity contribution >= 4 is 16.7 Å². The van der Waals surface area contributed by atoms with Crippen LogP contribution >= 0.6 is 0 Å². The molecule has 112 valence electrons. The number of benzene rings is 2. The number of esters is 1. The first-order valence-electron chi connectivity index (χ1n) is 7.13. The van der Waals surface area contributed by atoms with Gasteiger partial charge in [0.25, 0.3) is 0 Å². The average Bonchev–Trinajstić information content (AvgIpc) is 2.42. The average molecular weight is 286 g/mol. The van der Waals surface area contributed by atoms with Crippen molar-refractivity contribution in [1.29, 1.82) is 0 Å². The predicted molar refractivity (Wildman–Crippen MR) is 84.3 cm³/mol. The van der Waals surface area contributed by atoms with Crippen LogP contribution in [0.3, 0.4) is 0 Å². The van der Waals surface area contributed by atoms with Crippen molar-refractivity contribution in [1.82, 2.24) is 0 Å². The molecule has 0 heterocycles. The normalized spacial score (nSPS) is 13.1. The number of methoxy groups -OCH3 is 1. The molecule has 2 rings (SSSR count). The second-order valence-corrected chi connectivity index (χ2v) is 6.10. The molecule has 0 saturated carbocycles. The van der Waals surface area contributed by atoms with E-state index in [0.29, 0.717) is 6.42 Å². The summed E-state index contributed by atoms with van der Waals surface area (Å²) in [6.45, 7) is 5.57. The summed E-state index contributed by atoms with van der Waals surface area (Å²) < 4.78 is 10.7. The molecule has 1 unspecified atom stereocenters. The van der Waals surface area contributed by atoms with Gasteiger partial charge in [0.05, 0.1) is 0 Å². The molecule has 0 fully saturated rings. The van der Waals surface area contributed by atoms with Gasteiger partial charge in [-0.3, -0.25) is 0 Å². The Labute approximate surface area is 125 Å². The van der Waals surface area contributed by atoms with E-state index >= 15 is 0 Å². The first kappa shape index (κ1) is 15.5. The van der Waals surface area contributed by atoms with E-state index in [2.05, 4.69) is 18.2 Å². The van der Waals surface area contributed by atoms with Crippen LogP contribution in [0.15, 0.2) is 42.5 Å². The van der Waals surface area contributed by atoms with Gasteiger partial charge in [-0.1, -0.05) is 42.5 Å². The molecule has 0 aliphatic heterocycles. The summed E-state index contributed by atoms with van der Waals surface area (Å²) in [5.74, 6) is -0.321. The number of hydrogen-bond donors (Lipinski definition) is 0. The molecule has 0 radical (unpaired) electrons. The highest BCUT2D eigenvalue weighted by atomic mass is 16.6. The van der Waals surface area contributed by atoms with Crippen molar-refractivity contribution in [3.05, 3.63) is 48.0 Å². The number of carbonyl (C=O) groups excluding carboxylic acids is 1. The Kier molecular flexibility index (Phi) is 4.63. The van der Waals surface area contributed by atoms with Crippen molar-refractivity contribution in [2.24, 2.45) is 0 Å². The second kappa shape index (κ2) is 6.27. The van der Waals surface area contributed by atoms with E-state index in [9.17, 15) is 4.79 Å². The number of hydrogen-bond acceptors (Lipinski definition) is 3. The molecule has 2 aromatic carbocycles. The summed E-state index contributed by atoms with van der Waals surface area (Å²) in [6.07, 6.45) is -0.0812. The monoisotopic (exact) mass is 286 g/mol. The zero-order valence-electron chi connectivity index (χ0n) is 13.1. The lowest BCUT2D eigenvalue weighted by Gasteiger charge is -2.23. The molecule has 2 aromatic rings. The minimum absolute atomic E-state index is 0.321. The van der Waals surface area contributed by atoms with E-state index in [1.165, 1.54) is 0 Å². The highest BCUT2D eigenvalue weighted by Gasteiger charge is 2.25. The minimum atomic E-state index is -0.588. The number of ether oxygens (including phenoxy) is 2. The van der Waals surface area contributed by atoms with Crippen LogP contribution in [0, 0.1) is 0 Å². The largest absolute Gasteiger partial charge is 0.458 e. The minimum Gasteiger partial charge on any atom is -0.458 e. The predicted octanol–water partition coefficient (Wildman–Crippen LogP) is 3.74. The quantitative estimate of drug-likeness (QED) is 0.803. The molecular formula is C18H22O3. The second-order valence-electron chi connectivity index (χ2n) is 6.10. The molecule has 0 bridgehead atoms. The Balaban J connectivity index is 2.23. The molecule has 0 aliphatic carbocycles. The summed E-state index contributed by atoms with van der Waals surface area (Å²) in [4.78, 5) is 12.2. The van der Waals surface area contributed by atoms with Crippen LogP contribution in [0.25, 0.3) is 10.8 Å². The van der Waals surface area contributed by atoms with Gasteiger partial charge in [0.1, 0.15) is 5.60 Å². The van der Waals surface area contributed by atoms with Gasteiger partial charge in [-0.15, -0.1) is 0 Å². The zero-order valence-corrected chi connectivity index (χ0v) is 13.1. The van der Waals surface area contributed by atoms with Gasteiger partial charge in [0.15, 0.2) is 6.10 Å². The maximum absolute atomic E-state index is 12.2. The Hall–Kier alpha value is -1.87. The van der Waals surface area contributed by atoms with Crippen molar-refractivity contribution in [3.8, 4) is 0 Å². The molecule has 0 aliphatic rings. The third-order valence-corrected chi connectivity index (χ3v) is 3.24. The topological polar surface area (TPSA) is 35.5 Å². The molecule has 3 nitrogen and oxygen atoms in total. The van der Waals surface area contributed by atoms with E-state index < -0.39 is 11.7 Å². The van der Waals surface area contributed by atoms with E-state index in [0.717, 1.165) is 16.3 Å². The van der Waals surface area contributed by atoms with E-state index in [-0.39, 0.29) is 5.97 Å². The number of rotatable bonds is 4. The van der Waals surface area contributed by atoms with Crippen LogP contribution in [-0.4, -0.2) is 24.8 Å².